The van der Waals surface area contributed by atoms with Crippen molar-refractivity contribution in [3.63, 3.8) is 0 Å². The van der Waals surface area contributed by atoms with E-state index in [2.05, 4.69) is 225 Å². The van der Waals surface area contributed by atoms with Crippen LogP contribution in [0.2, 0.25) is 0 Å². The van der Waals surface area contributed by atoms with Gasteiger partial charge in [-0.05, 0) is 121 Å². The largest absolute Gasteiger partial charge is 0.334 e. The summed E-state index contributed by atoms with van der Waals surface area (Å²) in [6.07, 6.45) is 16.6. The lowest BCUT2D eigenvalue weighted by molar-refractivity contribution is 0.490. The lowest BCUT2D eigenvalue weighted by atomic mass is 9.73. The van der Waals surface area contributed by atoms with Gasteiger partial charge in [0, 0.05) is 16.8 Å². The topological polar surface area (TPSA) is 3.24 Å². The molecule has 8 aromatic carbocycles. The Labute approximate surface area is 343 Å². The number of nitrogens with zero attached hydrogens (tertiary/aromatic N) is 1. The van der Waals surface area contributed by atoms with Crippen LogP contribution >= 0.6 is 0 Å². The summed E-state index contributed by atoms with van der Waals surface area (Å²) in [6, 6.07) is 63.2. The van der Waals surface area contributed by atoms with Crippen molar-refractivity contribution in [2.45, 2.75) is 44.6 Å². The molecule has 0 aliphatic heterocycles. The molecule has 0 saturated carbocycles. The van der Waals surface area contributed by atoms with Gasteiger partial charge >= 0.3 is 0 Å². The van der Waals surface area contributed by atoms with Gasteiger partial charge in [0.1, 0.15) is 0 Å². The van der Waals surface area contributed by atoms with Crippen LogP contribution in [0.1, 0.15) is 55.4 Å². The van der Waals surface area contributed by atoms with Crippen LogP contribution in [0.4, 0.5) is 11.4 Å². The smallest absolute Gasteiger partial charge is 0.0559 e. The van der Waals surface area contributed by atoms with Crippen molar-refractivity contribution < 1.29 is 0 Å². The average Bonchev–Trinajstić information content (AvgIpc) is 3.57. The SMILES string of the molecule is CCC1(CC)c2cc(/C=C/c3ccc(-c4c(-c5ccccc5)c5ccccc5c5ccccc45)cc3)ccc2-c2ccc(N(c3ccccc3)C3C=CC=CC3)cc21. The van der Waals surface area contributed by atoms with E-state index in [1.807, 2.05) is 0 Å². The summed E-state index contributed by atoms with van der Waals surface area (Å²) >= 11 is 0. The van der Waals surface area contributed by atoms with E-state index in [9.17, 15) is 0 Å². The molecule has 58 heavy (non-hydrogen) atoms. The number of para-hydroxylation sites is 1. The monoisotopic (exact) mass is 745 g/mol. The van der Waals surface area contributed by atoms with Crippen LogP contribution in [0, 0.1) is 0 Å². The van der Waals surface area contributed by atoms with E-state index in [0.717, 1.165) is 19.3 Å². The van der Waals surface area contributed by atoms with Crippen molar-refractivity contribution in [1.82, 2.24) is 0 Å². The number of benzene rings is 8. The number of rotatable bonds is 9. The molecule has 0 heterocycles. The molecule has 0 radical (unpaired) electrons. The number of fused-ring (bicyclic) bond motifs is 6. The van der Waals surface area contributed by atoms with Crippen LogP contribution in [-0.4, -0.2) is 6.04 Å². The summed E-state index contributed by atoms with van der Waals surface area (Å²) in [5.74, 6) is 0. The minimum Gasteiger partial charge on any atom is -0.334 e. The van der Waals surface area contributed by atoms with Gasteiger partial charge in [0.25, 0.3) is 0 Å². The molecule has 0 spiro atoms. The van der Waals surface area contributed by atoms with Crippen molar-refractivity contribution in [3.05, 3.63) is 216 Å². The Balaban J connectivity index is 0.996. The highest BCUT2D eigenvalue weighted by molar-refractivity contribution is 6.21. The molecule has 0 fully saturated rings. The summed E-state index contributed by atoms with van der Waals surface area (Å²) in [5, 5.41) is 5.14. The molecule has 0 amide bonds. The van der Waals surface area contributed by atoms with Crippen molar-refractivity contribution in [1.29, 1.82) is 0 Å². The number of hydrogen-bond donors (Lipinski definition) is 0. The van der Waals surface area contributed by atoms with Crippen molar-refractivity contribution in [3.8, 4) is 33.4 Å². The van der Waals surface area contributed by atoms with Gasteiger partial charge in [0.2, 0.25) is 0 Å². The van der Waals surface area contributed by atoms with Crippen LogP contribution in [0.25, 0.3) is 67.1 Å². The van der Waals surface area contributed by atoms with E-state index in [1.165, 1.54) is 88.6 Å². The van der Waals surface area contributed by atoms with Crippen molar-refractivity contribution in [2.24, 2.45) is 0 Å². The highest BCUT2D eigenvalue weighted by atomic mass is 15.2. The molecule has 0 N–H and O–H groups in total. The average molecular weight is 746 g/mol. The van der Waals surface area contributed by atoms with Gasteiger partial charge in [0.05, 0.1) is 6.04 Å². The molecule has 1 atom stereocenters. The highest BCUT2D eigenvalue weighted by Gasteiger charge is 2.41. The Bertz CT molecular complexity index is 2870. The molecule has 10 rings (SSSR count). The van der Waals surface area contributed by atoms with Crippen LogP contribution < -0.4 is 4.90 Å². The first-order chi connectivity index (χ1) is 28.7. The summed E-state index contributed by atoms with van der Waals surface area (Å²) in [7, 11) is 0. The Morgan fingerprint density at radius 3 is 1.66 bits per heavy atom. The summed E-state index contributed by atoms with van der Waals surface area (Å²) in [5.41, 5.74) is 15.5. The molecule has 2 aliphatic carbocycles. The van der Waals surface area contributed by atoms with E-state index in [4.69, 9.17) is 0 Å². The molecule has 0 saturated heterocycles. The van der Waals surface area contributed by atoms with Gasteiger partial charge in [-0.15, -0.1) is 0 Å². The summed E-state index contributed by atoms with van der Waals surface area (Å²) in [6.45, 7) is 4.73. The van der Waals surface area contributed by atoms with Crippen molar-refractivity contribution in [2.75, 3.05) is 4.90 Å². The molecular formula is C57H47N. The van der Waals surface area contributed by atoms with Crippen LogP contribution in [-0.2, 0) is 5.41 Å². The normalized spacial score (nSPS) is 15.2. The highest BCUT2D eigenvalue weighted by Crippen LogP contribution is 2.54. The minimum absolute atomic E-state index is 0.0457. The summed E-state index contributed by atoms with van der Waals surface area (Å²) in [4.78, 5) is 2.52. The zero-order valence-corrected chi connectivity index (χ0v) is 33.3. The standard InChI is InChI=1S/C57H47N/c1-3-57(4-2)53-38-41(32-36-49(53)50-37-35-46(39-54(50)57)58(44-20-10-6-11-21-44)45-22-12-7-13-23-45)29-28-40-30-33-43(34-31-40)56-52-27-17-15-25-48(52)47-24-14-16-26-51(47)55(56)42-18-8-5-9-19-42/h5-22,24-39,45H,3-4,23H2,1-2H3/b29-28+. The van der Waals surface area contributed by atoms with Crippen molar-refractivity contribution >= 4 is 45.1 Å². The van der Waals surface area contributed by atoms with E-state index in [-0.39, 0.29) is 11.5 Å². The Hall–Kier alpha value is -6.70. The fraction of sp³-hybridized carbons (Fsp3) is 0.123. The van der Waals surface area contributed by atoms with Gasteiger partial charge in [-0.3, -0.25) is 0 Å². The van der Waals surface area contributed by atoms with Crippen LogP contribution in [0.5, 0.6) is 0 Å². The van der Waals surface area contributed by atoms with E-state index in [1.54, 1.807) is 0 Å². The van der Waals surface area contributed by atoms with Gasteiger partial charge in [-0.25, -0.2) is 0 Å². The third-order valence-corrected chi connectivity index (χ3v) is 12.8. The molecule has 280 valence electrons. The number of anilines is 2. The first-order valence-electron chi connectivity index (χ1n) is 20.9. The predicted molar refractivity (Wildman–Crippen MR) is 250 cm³/mol. The zero-order chi connectivity index (χ0) is 39.1. The molecule has 1 nitrogen and oxygen atoms in total. The lowest BCUT2D eigenvalue weighted by Gasteiger charge is -2.35. The molecule has 0 bridgehead atoms. The molecule has 2 aliphatic rings. The molecule has 0 aromatic heterocycles. The third kappa shape index (κ3) is 6.01. The van der Waals surface area contributed by atoms with Crippen LogP contribution in [0.3, 0.4) is 0 Å². The third-order valence-electron chi connectivity index (χ3n) is 12.8. The fourth-order valence-corrected chi connectivity index (χ4v) is 9.94. The number of hydrogen-bond acceptors (Lipinski definition) is 1. The summed E-state index contributed by atoms with van der Waals surface area (Å²) < 4.78 is 0. The van der Waals surface area contributed by atoms with E-state index >= 15 is 0 Å². The zero-order valence-electron chi connectivity index (χ0n) is 33.3. The maximum atomic E-state index is 2.52. The second-order valence-corrected chi connectivity index (χ2v) is 15.8. The van der Waals surface area contributed by atoms with Gasteiger partial charge in [0.15, 0.2) is 0 Å². The van der Waals surface area contributed by atoms with Gasteiger partial charge in [-0.1, -0.05) is 196 Å². The molecule has 8 aromatic rings. The van der Waals surface area contributed by atoms with Crippen LogP contribution in [0.15, 0.2) is 194 Å². The Morgan fingerprint density at radius 1 is 0.500 bits per heavy atom. The van der Waals surface area contributed by atoms with Gasteiger partial charge < -0.3 is 4.90 Å². The minimum atomic E-state index is -0.0457. The predicted octanol–water partition coefficient (Wildman–Crippen LogP) is 15.6. The van der Waals surface area contributed by atoms with E-state index in [0.29, 0.717) is 0 Å². The Kier molecular flexibility index (Phi) is 9.23. The first-order valence-corrected chi connectivity index (χ1v) is 20.9. The second-order valence-electron chi connectivity index (χ2n) is 15.8. The number of allylic oxidation sites excluding steroid dienone is 2. The molecular weight excluding hydrogens is 699 g/mol. The Morgan fingerprint density at radius 2 is 1.03 bits per heavy atom. The van der Waals surface area contributed by atoms with E-state index < -0.39 is 0 Å². The first kappa shape index (κ1) is 35.7. The second kappa shape index (κ2) is 15.0. The quantitative estimate of drug-likeness (QED) is 0.105. The fourth-order valence-electron chi connectivity index (χ4n) is 9.94. The maximum absolute atomic E-state index is 2.52. The molecule has 1 unspecified atom stereocenters. The van der Waals surface area contributed by atoms with Gasteiger partial charge in [-0.2, -0.15) is 0 Å². The lowest BCUT2D eigenvalue weighted by Crippen LogP contribution is -2.30. The molecule has 1 heteroatoms. The maximum Gasteiger partial charge on any atom is 0.0559 e.